The van der Waals surface area contributed by atoms with Gasteiger partial charge in [-0.2, -0.15) is 0 Å². The lowest BCUT2D eigenvalue weighted by molar-refractivity contribution is -0.121. The van der Waals surface area contributed by atoms with E-state index >= 15 is 0 Å². The Morgan fingerprint density at radius 3 is 2.38 bits per heavy atom. The van der Waals surface area contributed by atoms with Gasteiger partial charge in [0, 0.05) is 12.2 Å². The van der Waals surface area contributed by atoms with Crippen LogP contribution in [-0.4, -0.2) is 18.2 Å². The van der Waals surface area contributed by atoms with Crippen molar-refractivity contribution in [3.8, 4) is 0 Å². The summed E-state index contributed by atoms with van der Waals surface area (Å²) < 4.78 is 26.7. The molecule has 24 heavy (non-hydrogen) atoms. The lowest BCUT2D eigenvalue weighted by Crippen LogP contribution is -2.31. The van der Waals surface area contributed by atoms with Gasteiger partial charge in [-0.15, -0.1) is 0 Å². The molecule has 0 aliphatic carbocycles. The molecular formula is C18H18F2N2O2. The molecule has 2 rings (SSSR count). The van der Waals surface area contributed by atoms with Gasteiger partial charge in [0.05, 0.1) is 11.5 Å². The van der Waals surface area contributed by atoms with Gasteiger partial charge in [-0.25, -0.2) is 8.78 Å². The molecule has 0 spiro atoms. The maximum absolute atomic E-state index is 13.8. The van der Waals surface area contributed by atoms with E-state index in [1.165, 1.54) is 31.2 Å². The van der Waals surface area contributed by atoms with Gasteiger partial charge in [-0.1, -0.05) is 18.2 Å². The molecule has 126 valence electrons. The summed E-state index contributed by atoms with van der Waals surface area (Å²) in [5, 5.41) is 2.91. The number of hydrogen-bond acceptors (Lipinski definition) is 3. The average Bonchev–Trinajstić information content (AvgIpc) is 2.52. The quantitative estimate of drug-likeness (QED) is 0.766. The van der Waals surface area contributed by atoms with Crippen LogP contribution >= 0.6 is 0 Å². The zero-order valence-corrected chi connectivity index (χ0v) is 13.2. The number of hydrogen-bond donors (Lipinski definition) is 2. The van der Waals surface area contributed by atoms with Gasteiger partial charge in [-0.05, 0) is 43.2 Å². The molecule has 0 saturated heterocycles. The molecule has 1 atom stereocenters. The molecule has 1 amide bonds. The Morgan fingerprint density at radius 1 is 1.12 bits per heavy atom. The highest BCUT2D eigenvalue weighted by Crippen LogP contribution is 2.20. The van der Waals surface area contributed by atoms with Crippen molar-refractivity contribution in [2.75, 3.05) is 11.9 Å². The number of carbonyl (C=O) groups is 2. The van der Waals surface area contributed by atoms with Gasteiger partial charge >= 0.3 is 0 Å². The molecule has 2 aromatic rings. The van der Waals surface area contributed by atoms with E-state index in [-0.39, 0.29) is 17.9 Å². The topological polar surface area (TPSA) is 72.2 Å². The number of benzene rings is 2. The van der Waals surface area contributed by atoms with Gasteiger partial charge in [0.1, 0.15) is 11.6 Å². The lowest BCUT2D eigenvalue weighted by Gasteiger charge is -2.17. The van der Waals surface area contributed by atoms with Gasteiger partial charge in [0.15, 0.2) is 5.78 Å². The van der Waals surface area contributed by atoms with Gasteiger partial charge in [0.2, 0.25) is 5.91 Å². The van der Waals surface area contributed by atoms with Crippen LogP contribution < -0.4 is 11.1 Å². The molecule has 3 N–H and O–H groups in total. The van der Waals surface area contributed by atoms with Crippen LogP contribution in [0.5, 0.6) is 0 Å². The van der Waals surface area contributed by atoms with E-state index in [1.54, 1.807) is 18.2 Å². The number of ketones is 1. The first-order chi connectivity index (χ1) is 11.4. The molecule has 0 bridgehead atoms. The van der Waals surface area contributed by atoms with Crippen molar-refractivity contribution in [3.05, 3.63) is 65.2 Å². The Labute approximate surface area is 138 Å². The van der Waals surface area contributed by atoms with Crippen LogP contribution in [0.15, 0.2) is 42.5 Å². The first kappa shape index (κ1) is 17.6. The van der Waals surface area contributed by atoms with Crippen LogP contribution in [0, 0.1) is 17.6 Å². The maximum atomic E-state index is 13.8. The second kappa shape index (κ2) is 7.68. The third-order valence-electron chi connectivity index (χ3n) is 3.70. The summed E-state index contributed by atoms with van der Waals surface area (Å²) in [6, 6.07) is 10.0. The molecule has 6 heteroatoms. The summed E-state index contributed by atoms with van der Waals surface area (Å²) >= 11 is 0. The number of nitrogens with one attached hydrogen (secondary N) is 1. The molecule has 0 radical (unpaired) electrons. The van der Waals surface area contributed by atoms with Crippen LogP contribution in [-0.2, 0) is 11.2 Å². The molecule has 0 saturated carbocycles. The Balaban J connectivity index is 2.12. The summed E-state index contributed by atoms with van der Waals surface area (Å²) in [4.78, 5) is 23.2. The molecule has 0 aliphatic rings. The second-order valence-electron chi connectivity index (χ2n) is 5.53. The highest BCUT2D eigenvalue weighted by molar-refractivity contribution is 5.99. The monoisotopic (exact) mass is 332 g/mol. The molecule has 2 aromatic carbocycles. The summed E-state index contributed by atoms with van der Waals surface area (Å²) in [5.74, 6) is -2.52. The first-order valence-corrected chi connectivity index (χ1v) is 7.45. The number of carbonyl (C=O) groups excluding carboxylic acids is 2. The largest absolute Gasteiger partial charge is 0.384 e. The third-order valence-corrected chi connectivity index (χ3v) is 3.70. The smallest absolute Gasteiger partial charge is 0.222 e. The SMILES string of the molecule is CC(=O)c1c(F)cccc1NCC(Cc1ccc(F)cc1)C(N)=O. The Kier molecular flexibility index (Phi) is 5.63. The fourth-order valence-electron chi connectivity index (χ4n) is 2.44. The number of nitrogens with two attached hydrogens (primary N) is 1. The Hall–Kier alpha value is -2.76. The zero-order valence-electron chi connectivity index (χ0n) is 13.2. The van der Waals surface area contributed by atoms with Crippen LogP contribution in [0.3, 0.4) is 0 Å². The molecule has 4 nitrogen and oxygen atoms in total. The van der Waals surface area contributed by atoms with E-state index in [1.807, 2.05) is 0 Å². The maximum Gasteiger partial charge on any atom is 0.222 e. The van der Waals surface area contributed by atoms with Crippen LogP contribution in [0.25, 0.3) is 0 Å². The fraction of sp³-hybridized carbons (Fsp3) is 0.222. The van der Waals surface area contributed by atoms with E-state index in [4.69, 9.17) is 5.73 Å². The van der Waals surface area contributed by atoms with E-state index in [0.29, 0.717) is 12.1 Å². The predicted molar refractivity (Wildman–Crippen MR) is 87.7 cm³/mol. The van der Waals surface area contributed by atoms with Crippen LogP contribution in [0.4, 0.5) is 14.5 Å². The lowest BCUT2D eigenvalue weighted by atomic mass is 9.98. The minimum Gasteiger partial charge on any atom is -0.384 e. The van der Waals surface area contributed by atoms with Crippen LogP contribution in [0.1, 0.15) is 22.8 Å². The minimum atomic E-state index is -0.623. The molecule has 0 fully saturated rings. The summed E-state index contributed by atoms with van der Waals surface area (Å²) in [6.07, 6.45) is 0.313. The fourth-order valence-corrected chi connectivity index (χ4v) is 2.44. The second-order valence-corrected chi connectivity index (χ2v) is 5.53. The highest BCUT2D eigenvalue weighted by Gasteiger charge is 2.18. The highest BCUT2D eigenvalue weighted by atomic mass is 19.1. The minimum absolute atomic E-state index is 0.0532. The predicted octanol–water partition coefficient (Wildman–Crippen LogP) is 2.92. The molecular weight excluding hydrogens is 314 g/mol. The number of amides is 1. The number of primary amides is 1. The Morgan fingerprint density at radius 2 is 1.79 bits per heavy atom. The normalized spacial score (nSPS) is 11.8. The van der Waals surface area contributed by atoms with Crippen molar-refractivity contribution in [2.24, 2.45) is 11.7 Å². The van der Waals surface area contributed by atoms with E-state index in [2.05, 4.69) is 5.32 Å². The van der Waals surface area contributed by atoms with Crippen molar-refractivity contribution < 1.29 is 18.4 Å². The summed E-state index contributed by atoms with van der Waals surface area (Å²) in [5.41, 5.74) is 6.43. The number of rotatable bonds is 7. The zero-order chi connectivity index (χ0) is 17.7. The van der Waals surface area contributed by atoms with E-state index in [9.17, 15) is 18.4 Å². The molecule has 0 aromatic heterocycles. The van der Waals surface area contributed by atoms with Gasteiger partial charge < -0.3 is 11.1 Å². The van der Waals surface area contributed by atoms with Crippen molar-refractivity contribution in [1.82, 2.24) is 0 Å². The number of halogens is 2. The van der Waals surface area contributed by atoms with Crippen molar-refractivity contribution in [1.29, 1.82) is 0 Å². The standard InChI is InChI=1S/C18H18F2N2O2/c1-11(23)17-15(20)3-2-4-16(17)22-10-13(18(21)24)9-12-5-7-14(19)8-6-12/h2-8,13,22H,9-10H2,1H3,(H2,21,24). The molecule has 0 heterocycles. The van der Waals surface area contributed by atoms with Crippen molar-refractivity contribution in [2.45, 2.75) is 13.3 Å². The number of anilines is 1. The number of Topliss-reactive ketones (excluding diaryl/α,β-unsaturated/α-hetero) is 1. The van der Waals surface area contributed by atoms with Gasteiger partial charge in [0.25, 0.3) is 0 Å². The van der Waals surface area contributed by atoms with E-state index in [0.717, 1.165) is 5.56 Å². The third kappa shape index (κ3) is 4.38. The van der Waals surface area contributed by atoms with Crippen molar-refractivity contribution in [3.63, 3.8) is 0 Å². The van der Waals surface area contributed by atoms with Gasteiger partial charge in [-0.3, -0.25) is 9.59 Å². The van der Waals surface area contributed by atoms with E-state index < -0.39 is 23.4 Å². The summed E-state index contributed by atoms with van der Waals surface area (Å²) in [6.45, 7) is 1.41. The molecule has 1 unspecified atom stereocenters. The first-order valence-electron chi connectivity index (χ1n) is 7.45. The summed E-state index contributed by atoms with van der Waals surface area (Å²) in [7, 11) is 0. The molecule has 0 aliphatic heterocycles. The van der Waals surface area contributed by atoms with Crippen molar-refractivity contribution >= 4 is 17.4 Å². The van der Waals surface area contributed by atoms with Crippen LogP contribution in [0.2, 0.25) is 0 Å². The average molecular weight is 332 g/mol. The Bertz CT molecular complexity index is 745.